The summed E-state index contributed by atoms with van der Waals surface area (Å²) in [6.45, 7) is 1.49. The third-order valence-corrected chi connectivity index (χ3v) is 4.24. The van der Waals surface area contributed by atoms with Gasteiger partial charge in [-0.05, 0) is 36.8 Å². The lowest BCUT2D eigenvalue weighted by molar-refractivity contribution is -0.143. The fourth-order valence-electron chi connectivity index (χ4n) is 2.53. The van der Waals surface area contributed by atoms with Crippen LogP contribution in [0.3, 0.4) is 0 Å². The van der Waals surface area contributed by atoms with Crippen molar-refractivity contribution >= 4 is 23.2 Å². The molecule has 0 radical (unpaired) electrons. The van der Waals surface area contributed by atoms with Crippen LogP contribution < -0.4 is 5.43 Å². The Kier molecular flexibility index (Phi) is 5.69. The molecule has 2 aromatic carbocycles. The van der Waals surface area contributed by atoms with Crippen LogP contribution in [0.15, 0.2) is 59.8 Å². The first-order chi connectivity index (χ1) is 13.7. The van der Waals surface area contributed by atoms with Crippen molar-refractivity contribution in [3.8, 4) is 5.69 Å². The standard InChI is InChI=1S/C19H13ClF4N4O/c1-11(12-7-8-16(21)15(20)9-12)26-27-18(29)14-10-25-28(17(14)19(22,23)24)13-5-3-2-4-6-13/h2-10H,1H3,(H,27,29)/b26-11+. The van der Waals surface area contributed by atoms with Crippen LogP contribution in [0.5, 0.6) is 0 Å². The Balaban J connectivity index is 1.91. The van der Waals surface area contributed by atoms with Crippen LogP contribution in [-0.4, -0.2) is 21.4 Å². The largest absolute Gasteiger partial charge is 0.434 e. The van der Waals surface area contributed by atoms with E-state index in [1.807, 2.05) is 0 Å². The summed E-state index contributed by atoms with van der Waals surface area (Å²) in [6.07, 6.45) is -4.01. The first-order valence-electron chi connectivity index (χ1n) is 8.19. The summed E-state index contributed by atoms with van der Waals surface area (Å²) in [5.41, 5.74) is 0.934. The summed E-state index contributed by atoms with van der Waals surface area (Å²) in [4.78, 5) is 12.4. The van der Waals surface area contributed by atoms with Gasteiger partial charge in [-0.2, -0.15) is 23.4 Å². The zero-order valence-corrected chi connectivity index (χ0v) is 15.6. The second kappa shape index (κ2) is 8.04. The topological polar surface area (TPSA) is 59.3 Å². The molecule has 1 amide bonds. The van der Waals surface area contributed by atoms with E-state index >= 15 is 0 Å². The molecule has 0 unspecified atom stereocenters. The minimum atomic E-state index is -4.83. The van der Waals surface area contributed by atoms with E-state index in [-0.39, 0.29) is 16.4 Å². The van der Waals surface area contributed by atoms with Crippen molar-refractivity contribution in [2.45, 2.75) is 13.1 Å². The number of halogens is 5. The summed E-state index contributed by atoms with van der Waals surface area (Å²) in [5.74, 6) is -1.72. The van der Waals surface area contributed by atoms with Crippen LogP contribution in [0.1, 0.15) is 28.5 Å². The van der Waals surface area contributed by atoms with Gasteiger partial charge in [0.2, 0.25) is 0 Å². The normalized spacial score (nSPS) is 12.1. The number of carbonyl (C=O) groups excluding carboxylic acids is 1. The SMILES string of the molecule is C/C(=N\NC(=O)c1cnn(-c2ccccc2)c1C(F)(F)F)c1ccc(F)c(Cl)c1. The van der Waals surface area contributed by atoms with Gasteiger partial charge in [-0.3, -0.25) is 4.79 Å². The van der Waals surface area contributed by atoms with Crippen molar-refractivity contribution in [1.29, 1.82) is 0 Å². The van der Waals surface area contributed by atoms with Crippen LogP contribution >= 0.6 is 11.6 Å². The van der Waals surface area contributed by atoms with Gasteiger partial charge in [0.15, 0.2) is 5.69 Å². The number of nitrogens with one attached hydrogen (secondary N) is 1. The molecule has 1 heterocycles. The van der Waals surface area contributed by atoms with Gasteiger partial charge in [0.05, 0.1) is 28.2 Å². The van der Waals surface area contributed by atoms with Gasteiger partial charge < -0.3 is 0 Å². The lowest BCUT2D eigenvalue weighted by Gasteiger charge is -2.12. The fraction of sp³-hybridized carbons (Fsp3) is 0.105. The Hall–Kier alpha value is -3.20. The zero-order chi connectivity index (χ0) is 21.2. The lowest BCUT2D eigenvalue weighted by atomic mass is 10.1. The van der Waals surface area contributed by atoms with Gasteiger partial charge >= 0.3 is 6.18 Å². The summed E-state index contributed by atoms with van der Waals surface area (Å²) in [7, 11) is 0. The van der Waals surface area contributed by atoms with Gasteiger partial charge in [0.25, 0.3) is 5.91 Å². The molecule has 1 N–H and O–H groups in total. The highest BCUT2D eigenvalue weighted by Gasteiger charge is 2.40. The van der Waals surface area contributed by atoms with Gasteiger partial charge in [0.1, 0.15) is 5.82 Å². The number of carbonyl (C=O) groups is 1. The minimum absolute atomic E-state index is 0.146. The fourth-order valence-corrected chi connectivity index (χ4v) is 2.71. The summed E-state index contributed by atoms with van der Waals surface area (Å²) in [5, 5.41) is 7.34. The second-order valence-corrected chi connectivity index (χ2v) is 6.33. The molecule has 0 spiro atoms. The Bertz CT molecular complexity index is 1080. The van der Waals surface area contributed by atoms with Crippen LogP contribution in [0.2, 0.25) is 5.02 Å². The molecule has 5 nitrogen and oxygen atoms in total. The number of benzene rings is 2. The first-order valence-corrected chi connectivity index (χ1v) is 8.57. The minimum Gasteiger partial charge on any atom is -0.267 e. The quantitative estimate of drug-likeness (QED) is 0.370. The van der Waals surface area contributed by atoms with Gasteiger partial charge in [-0.25, -0.2) is 14.5 Å². The maximum absolute atomic E-state index is 13.6. The number of hydrogen-bond donors (Lipinski definition) is 1. The van der Waals surface area contributed by atoms with Crippen molar-refractivity contribution in [3.05, 3.63) is 82.4 Å². The molecule has 0 atom stereocenters. The van der Waals surface area contributed by atoms with Crippen molar-refractivity contribution in [1.82, 2.24) is 15.2 Å². The van der Waals surface area contributed by atoms with Crippen LogP contribution in [0.25, 0.3) is 5.69 Å². The number of hydrazone groups is 1. The molecule has 0 saturated carbocycles. The molecule has 1 aromatic heterocycles. The first kappa shape index (κ1) is 20.5. The van der Waals surface area contributed by atoms with Crippen LogP contribution in [-0.2, 0) is 6.18 Å². The molecular weight excluding hydrogens is 412 g/mol. The summed E-state index contributed by atoms with van der Waals surface area (Å²) in [6, 6.07) is 11.4. The van der Waals surface area contributed by atoms with Crippen LogP contribution in [0, 0.1) is 5.82 Å². The maximum Gasteiger partial charge on any atom is 0.434 e. The van der Waals surface area contributed by atoms with Gasteiger partial charge in [0, 0.05) is 0 Å². The van der Waals surface area contributed by atoms with Crippen molar-refractivity contribution in [3.63, 3.8) is 0 Å². The average molecular weight is 425 g/mol. The third kappa shape index (κ3) is 4.45. The van der Waals surface area contributed by atoms with E-state index in [2.05, 4.69) is 15.6 Å². The molecule has 0 fully saturated rings. The number of hydrogen-bond acceptors (Lipinski definition) is 3. The predicted octanol–water partition coefficient (Wildman–Crippen LogP) is 4.84. The molecule has 150 valence electrons. The van der Waals surface area contributed by atoms with E-state index in [1.54, 1.807) is 18.2 Å². The Morgan fingerprint density at radius 1 is 1.17 bits per heavy atom. The molecule has 3 rings (SSSR count). The van der Waals surface area contributed by atoms with Crippen molar-refractivity contribution in [2.75, 3.05) is 0 Å². The molecule has 10 heteroatoms. The Morgan fingerprint density at radius 3 is 2.48 bits per heavy atom. The second-order valence-electron chi connectivity index (χ2n) is 5.92. The van der Waals surface area contributed by atoms with Crippen molar-refractivity contribution in [2.24, 2.45) is 5.10 Å². The van der Waals surface area contributed by atoms with Gasteiger partial charge in [-0.1, -0.05) is 35.9 Å². The highest BCUT2D eigenvalue weighted by Crippen LogP contribution is 2.33. The molecule has 0 saturated heterocycles. The molecule has 3 aromatic rings. The summed E-state index contributed by atoms with van der Waals surface area (Å²) >= 11 is 5.70. The lowest BCUT2D eigenvalue weighted by Crippen LogP contribution is -2.24. The van der Waals surface area contributed by atoms with E-state index < -0.39 is 29.2 Å². The molecular formula is C19H13ClF4N4O. The Morgan fingerprint density at radius 2 is 1.86 bits per heavy atom. The monoisotopic (exact) mass is 424 g/mol. The molecule has 0 aliphatic carbocycles. The number of para-hydroxylation sites is 1. The molecule has 0 aliphatic heterocycles. The van der Waals surface area contributed by atoms with Crippen molar-refractivity contribution < 1.29 is 22.4 Å². The number of rotatable bonds is 4. The van der Waals surface area contributed by atoms with E-state index in [0.717, 1.165) is 12.3 Å². The predicted molar refractivity (Wildman–Crippen MR) is 99.7 cm³/mol. The van der Waals surface area contributed by atoms with Crippen LogP contribution in [0.4, 0.5) is 17.6 Å². The average Bonchev–Trinajstić information content (AvgIpc) is 3.14. The molecule has 0 aliphatic rings. The van der Waals surface area contributed by atoms with Gasteiger partial charge in [-0.15, -0.1) is 0 Å². The van der Waals surface area contributed by atoms with E-state index in [4.69, 9.17) is 11.6 Å². The number of aromatic nitrogens is 2. The van der Waals surface area contributed by atoms with E-state index in [9.17, 15) is 22.4 Å². The number of alkyl halides is 3. The maximum atomic E-state index is 13.6. The summed E-state index contributed by atoms with van der Waals surface area (Å²) < 4.78 is 54.7. The molecule has 0 bridgehead atoms. The van der Waals surface area contributed by atoms with E-state index in [0.29, 0.717) is 10.2 Å². The third-order valence-electron chi connectivity index (χ3n) is 3.95. The zero-order valence-electron chi connectivity index (χ0n) is 14.8. The number of amides is 1. The van der Waals surface area contributed by atoms with E-state index in [1.165, 1.54) is 31.2 Å². The highest BCUT2D eigenvalue weighted by atomic mass is 35.5. The number of nitrogens with zero attached hydrogens (tertiary/aromatic N) is 3. The highest BCUT2D eigenvalue weighted by molar-refractivity contribution is 6.31. The Labute approximate surface area is 167 Å². The molecule has 29 heavy (non-hydrogen) atoms. The smallest absolute Gasteiger partial charge is 0.267 e.